The lowest BCUT2D eigenvalue weighted by Gasteiger charge is -2.16. The Morgan fingerprint density at radius 1 is 1.00 bits per heavy atom. The number of amides is 2. The van der Waals surface area contributed by atoms with E-state index in [1.54, 1.807) is 12.1 Å². The van der Waals surface area contributed by atoms with Crippen LogP contribution in [0.25, 0.3) is 0 Å². The molecule has 2 amide bonds. The van der Waals surface area contributed by atoms with E-state index in [2.05, 4.69) is 10.6 Å². The molecule has 0 aliphatic carbocycles. The Morgan fingerprint density at radius 2 is 1.67 bits per heavy atom. The van der Waals surface area contributed by atoms with Gasteiger partial charge in [0.2, 0.25) is 11.8 Å². The number of hydrogen-bond donors (Lipinski definition) is 3. The Labute approximate surface area is 140 Å². The van der Waals surface area contributed by atoms with Gasteiger partial charge in [-0.05, 0) is 23.3 Å². The van der Waals surface area contributed by atoms with Crippen LogP contribution in [-0.4, -0.2) is 24.9 Å². The predicted octanol–water partition coefficient (Wildman–Crippen LogP) is 1.30. The monoisotopic (exact) mass is 329 g/mol. The van der Waals surface area contributed by atoms with Crippen molar-refractivity contribution in [3.8, 4) is 0 Å². The maximum Gasteiger partial charge on any atom is 0.239 e. The zero-order chi connectivity index (χ0) is 17.4. The van der Waals surface area contributed by atoms with Crippen molar-refractivity contribution in [3.05, 3.63) is 71.5 Å². The molecule has 0 saturated carbocycles. The second-order valence-electron chi connectivity index (χ2n) is 5.35. The lowest BCUT2D eigenvalue weighted by atomic mass is 10.1. The summed E-state index contributed by atoms with van der Waals surface area (Å²) in [6, 6.07) is 14.3. The highest BCUT2D eigenvalue weighted by Crippen LogP contribution is 2.11. The van der Waals surface area contributed by atoms with Crippen molar-refractivity contribution in [2.45, 2.75) is 12.5 Å². The Bertz CT molecular complexity index is 674. The van der Waals surface area contributed by atoms with Crippen LogP contribution < -0.4 is 16.4 Å². The number of rotatable bonds is 8. The van der Waals surface area contributed by atoms with Crippen molar-refractivity contribution in [1.29, 1.82) is 0 Å². The van der Waals surface area contributed by atoms with E-state index >= 15 is 0 Å². The van der Waals surface area contributed by atoms with Crippen molar-refractivity contribution >= 4 is 11.8 Å². The molecule has 0 aliphatic heterocycles. The fourth-order valence-electron chi connectivity index (χ4n) is 2.30. The molecule has 0 aliphatic rings. The third-order valence-electron chi connectivity index (χ3n) is 3.49. The summed E-state index contributed by atoms with van der Waals surface area (Å²) in [6.07, 6.45) is 0.179. The molecule has 2 aromatic carbocycles. The van der Waals surface area contributed by atoms with Crippen LogP contribution >= 0.6 is 0 Å². The highest BCUT2D eigenvalue weighted by molar-refractivity contribution is 5.81. The molecule has 0 heterocycles. The molecule has 1 atom stereocenters. The topological polar surface area (TPSA) is 84.2 Å². The number of hydrogen-bond acceptors (Lipinski definition) is 3. The van der Waals surface area contributed by atoms with Gasteiger partial charge in [0.1, 0.15) is 11.9 Å². The number of halogens is 1. The van der Waals surface area contributed by atoms with Gasteiger partial charge in [0.25, 0.3) is 0 Å². The van der Waals surface area contributed by atoms with Gasteiger partial charge in [0, 0.05) is 13.1 Å². The van der Waals surface area contributed by atoms with E-state index in [9.17, 15) is 14.0 Å². The van der Waals surface area contributed by atoms with Crippen LogP contribution in [0.2, 0.25) is 0 Å². The summed E-state index contributed by atoms with van der Waals surface area (Å²) in [7, 11) is 0. The van der Waals surface area contributed by atoms with Crippen molar-refractivity contribution in [2.24, 2.45) is 5.73 Å². The minimum Gasteiger partial charge on any atom is -0.368 e. The zero-order valence-corrected chi connectivity index (χ0v) is 13.2. The highest BCUT2D eigenvalue weighted by Gasteiger charge is 2.16. The van der Waals surface area contributed by atoms with Gasteiger partial charge in [-0.25, -0.2) is 4.39 Å². The van der Waals surface area contributed by atoms with Gasteiger partial charge in [-0.3, -0.25) is 9.59 Å². The van der Waals surface area contributed by atoms with E-state index in [4.69, 9.17) is 5.73 Å². The smallest absolute Gasteiger partial charge is 0.239 e. The van der Waals surface area contributed by atoms with E-state index in [1.807, 2.05) is 30.3 Å². The predicted molar refractivity (Wildman–Crippen MR) is 89.5 cm³/mol. The van der Waals surface area contributed by atoms with Crippen molar-refractivity contribution in [1.82, 2.24) is 10.6 Å². The summed E-state index contributed by atoms with van der Waals surface area (Å²) in [4.78, 5) is 23.4. The van der Waals surface area contributed by atoms with Crippen LogP contribution in [0.5, 0.6) is 0 Å². The average Bonchev–Trinajstić information content (AvgIpc) is 2.57. The van der Waals surface area contributed by atoms with Gasteiger partial charge in [0.05, 0.1) is 6.42 Å². The summed E-state index contributed by atoms with van der Waals surface area (Å²) in [5, 5.41) is 5.77. The van der Waals surface area contributed by atoms with Crippen LogP contribution in [0.15, 0.2) is 54.6 Å². The fourth-order valence-corrected chi connectivity index (χ4v) is 2.30. The molecular formula is C18H20FN3O2. The normalized spacial score (nSPS) is 11.7. The molecule has 0 fully saturated rings. The molecule has 126 valence electrons. The minimum absolute atomic E-state index is 0.168. The molecule has 5 nitrogen and oxygen atoms in total. The molecule has 2 rings (SSSR count). The van der Waals surface area contributed by atoms with E-state index < -0.39 is 11.9 Å². The van der Waals surface area contributed by atoms with Crippen molar-refractivity contribution in [3.63, 3.8) is 0 Å². The maximum absolute atomic E-state index is 12.8. The Morgan fingerprint density at radius 3 is 2.29 bits per heavy atom. The molecule has 0 aromatic heterocycles. The number of nitrogens with one attached hydrogen (secondary N) is 2. The number of primary amides is 1. The molecule has 2 aromatic rings. The van der Waals surface area contributed by atoms with Crippen LogP contribution in [0.1, 0.15) is 17.2 Å². The number of carbonyl (C=O) groups excluding carboxylic acids is 2. The van der Waals surface area contributed by atoms with E-state index in [0.29, 0.717) is 13.1 Å². The van der Waals surface area contributed by atoms with E-state index in [1.165, 1.54) is 12.1 Å². The zero-order valence-electron chi connectivity index (χ0n) is 13.2. The summed E-state index contributed by atoms with van der Waals surface area (Å²) < 4.78 is 12.8. The third-order valence-corrected chi connectivity index (χ3v) is 3.49. The Hall–Kier alpha value is -2.73. The van der Waals surface area contributed by atoms with Crippen LogP contribution in [0, 0.1) is 5.82 Å². The minimum atomic E-state index is -0.597. The lowest BCUT2D eigenvalue weighted by molar-refractivity contribution is -0.120. The first-order valence-corrected chi connectivity index (χ1v) is 7.65. The standard InChI is InChI=1S/C18H20FN3O2/c19-15-8-6-13(7-9-15)12-16(23)21-10-11-22-17(18(20)24)14-4-2-1-3-5-14/h1-9,17,22H,10-12H2,(H2,20,24)(H,21,23)/t17-/m1/s1. The summed E-state index contributed by atoms with van der Waals surface area (Å²) in [5.74, 6) is -0.973. The molecule has 0 radical (unpaired) electrons. The molecule has 0 unspecified atom stereocenters. The number of nitrogens with two attached hydrogens (primary N) is 1. The summed E-state index contributed by atoms with van der Waals surface area (Å²) in [6.45, 7) is 0.758. The average molecular weight is 329 g/mol. The van der Waals surface area contributed by atoms with Crippen LogP contribution in [-0.2, 0) is 16.0 Å². The first-order chi connectivity index (χ1) is 11.6. The number of carbonyl (C=O) groups is 2. The second-order valence-corrected chi connectivity index (χ2v) is 5.35. The molecule has 0 saturated heterocycles. The SMILES string of the molecule is NC(=O)[C@H](NCCNC(=O)Cc1ccc(F)cc1)c1ccccc1. The summed E-state index contributed by atoms with van der Waals surface area (Å²) in [5.41, 5.74) is 6.92. The van der Waals surface area contributed by atoms with Gasteiger partial charge in [0.15, 0.2) is 0 Å². The molecule has 6 heteroatoms. The highest BCUT2D eigenvalue weighted by atomic mass is 19.1. The van der Waals surface area contributed by atoms with Gasteiger partial charge in [-0.15, -0.1) is 0 Å². The summed E-state index contributed by atoms with van der Waals surface area (Å²) >= 11 is 0. The van der Waals surface area contributed by atoms with Gasteiger partial charge in [-0.2, -0.15) is 0 Å². The van der Waals surface area contributed by atoms with Crippen molar-refractivity contribution in [2.75, 3.05) is 13.1 Å². The van der Waals surface area contributed by atoms with Gasteiger partial charge < -0.3 is 16.4 Å². The number of benzene rings is 2. The first-order valence-electron chi connectivity index (χ1n) is 7.65. The second kappa shape index (κ2) is 8.79. The fraction of sp³-hybridized carbons (Fsp3) is 0.222. The van der Waals surface area contributed by atoms with Gasteiger partial charge >= 0.3 is 0 Å². The van der Waals surface area contributed by atoms with E-state index in [-0.39, 0.29) is 18.1 Å². The van der Waals surface area contributed by atoms with Gasteiger partial charge in [-0.1, -0.05) is 42.5 Å². The Balaban J connectivity index is 1.75. The molecule has 24 heavy (non-hydrogen) atoms. The lowest BCUT2D eigenvalue weighted by Crippen LogP contribution is -2.39. The van der Waals surface area contributed by atoms with Crippen LogP contribution in [0.3, 0.4) is 0 Å². The quantitative estimate of drug-likeness (QED) is 0.638. The first kappa shape index (κ1) is 17.6. The Kier molecular flexibility index (Phi) is 6.45. The molecule has 0 spiro atoms. The van der Waals surface area contributed by atoms with E-state index in [0.717, 1.165) is 11.1 Å². The van der Waals surface area contributed by atoms with Crippen molar-refractivity contribution < 1.29 is 14.0 Å². The molecule has 4 N–H and O–H groups in total. The molecule has 0 bridgehead atoms. The van der Waals surface area contributed by atoms with Crippen LogP contribution in [0.4, 0.5) is 4.39 Å². The third kappa shape index (κ3) is 5.48. The maximum atomic E-state index is 12.8. The largest absolute Gasteiger partial charge is 0.368 e. The molecular weight excluding hydrogens is 309 g/mol.